The van der Waals surface area contributed by atoms with Crippen molar-refractivity contribution in [3.63, 3.8) is 0 Å². The number of aryl methyl sites for hydroxylation is 1. The van der Waals surface area contributed by atoms with Crippen LogP contribution in [0.1, 0.15) is 37.1 Å². The summed E-state index contributed by atoms with van der Waals surface area (Å²) in [5, 5.41) is 11.7. The molecule has 2 aromatic rings. The average molecular weight is 266 g/mol. The van der Waals surface area contributed by atoms with E-state index in [-0.39, 0.29) is 0 Å². The van der Waals surface area contributed by atoms with Crippen LogP contribution < -0.4 is 5.32 Å². The molecule has 5 heteroatoms. The van der Waals surface area contributed by atoms with Crippen LogP contribution in [0.25, 0.3) is 0 Å². The van der Waals surface area contributed by atoms with Crippen LogP contribution in [0, 0.1) is 6.92 Å². The van der Waals surface area contributed by atoms with Crippen LogP contribution in [-0.4, -0.2) is 10.2 Å². The van der Waals surface area contributed by atoms with Crippen LogP contribution >= 0.6 is 11.6 Å². The van der Waals surface area contributed by atoms with Gasteiger partial charge in [-0.1, -0.05) is 37.6 Å². The zero-order valence-electron chi connectivity index (χ0n) is 10.7. The molecule has 1 N–H and O–H groups in total. The second-order valence-corrected chi connectivity index (χ2v) is 4.83. The van der Waals surface area contributed by atoms with E-state index in [4.69, 9.17) is 16.0 Å². The van der Waals surface area contributed by atoms with Crippen LogP contribution in [0.15, 0.2) is 22.6 Å². The second kappa shape index (κ2) is 5.40. The Morgan fingerprint density at radius 3 is 2.72 bits per heavy atom. The van der Waals surface area contributed by atoms with Gasteiger partial charge in [0, 0.05) is 6.92 Å². The number of rotatable bonds is 4. The van der Waals surface area contributed by atoms with Crippen molar-refractivity contribution in [3.8, 4) is 0 Å². The van der Waals surface area contributed by atoms with E-state index in [1.165, 1.54) is 5.56 Å². The first-order valence-electron chi connectivity index (χ1n) is 5.89. The zero-order valence-corrected chi connectivity index (χ0v) is 11.5. The van der Waals surface area contributed by atoms with Crippen LogP contribution in [0.3, 0.4) is 0 Å². The molecule has 1 aromatic carbocycles. The molecule has 96 valence electrons. The number of hydrogen-bond acceptors (Lipinski definition) is 4. The molecule has 0 atom stereocenters. The topological polar surface area (TPSA) is 51.0 Å². The fourth-order valence-electron chi connectivity index (χ4n) is 1.78. The Labute approximate surface area is 111 Å². The minimum absolute atomic E-state index is 0.399. The van der Waals surface area contributed by atoms with Gasteiger partial charge in [-0.15, -0.1) is 10.2 Å². The van der Waals surface area contributed by atoms with Gasteiger partial charge in [0.05, 0.1) is 17.3 Å². The quantitative estimate of drug-likeness (QED) is 0.914. The monoisotopic (exact) mass is 265 g/mol. The smallest absolute Gasteiger partial charge is 0.235 e. The molecule has 0 unspecified atom stereocenters. The molecule has 1 aromatic heterocycles. The summed E-state index contributed by atoms with van der Waals surface area (Å²) in [5.74, 6) is 1.52. The van der Waals surface area contributed by atoms with E-state index in [0.717, 1.165) is 5.69 Å². The first-order chi connectivity index (χ1) is 8.58. The fourth-order valence-corrected chi connectivity index (χ4v) is 2.03. The first-order valence-corrected chi connectivity index (χ1v) is 6.27. The Morgan fingerprint density at radius 1 is 1.33 bits per heavy atom. The average Bonchev–Trinajstić information content (AvgIpc) is 2.73. The Hall–Kier alpha value is -1.55. The minimum Gasteiger partial charge on any atom is -0.424 e. The number of nitrogens with one attached hydrogen (secondary N) is 1. The summed E-state index contributed by atoms with van der Waals surface area (Å²) in [5.41, 5.74) is 2.11. The van der Waals surface area contributed by atoms with Crippen LogP contribution in [0.4, 0.5) is 5.69 Å². The lowest BCUT2D eigenvalue weighted by Gasteiger charge is -2.15. The second-order valence-electron chi connectivity index (χ2n) is 4.43. The molecule has 0 aliphatic carbocycles. The standard InChI is InChI=1S/C13H16ClN3O/c1-8(2)10-5-4-6-11(14)13(10)15-7-12-17-16-9(3)18-12/h4-6,8,15H,7H2,1-3H3. The molecule has 1 heterocycles. The highest BCUT2D eigenvalue weighted by molar-refractivity contribution is 6.33. The molecule has 0 bridgehead atoms. The molecule has 0 aliphatic heterocycles. The molecule has 18 heavy (non-hydrogen) atoms. The molecule has 0 saturated heterocycles. The van der Waals surface area contributed by atoms with Gasteiger partial charge >= 0.3 is 0 Å². The molecule has 4 nitrogen and oxygen atoms in total. The van der Waals surface area contributed by atoms with Gasteiger partial charge in [-0.05, 0) is 17.5 Å². The van der Waals surface area contributed by atoms with Crippen molar-refractivity contribution in [3.05, 3.63) is 40.6 Å². The van der Waals surface area contributed by atoms with E-state index in [9.17, 15) is 0 Å². The van der Waals surface area contributed by atoms with Crippen molar-refractivity contribution in [2.75, 3.05) is 5.32 Å². The van der Waals surface area contributed by atoms with E-state index in [0.29, 0.717) is 29.3 Å². The molecule has 2 rings (SSSR count). The van der Waals surface area contributed by atoms with Crippen LogP contribution in [0.5, 0.6) is 0 Å². The molecule has 0 saturated carbocycles. The fraction of sp³-hybridized carbons (Fsp3) is 0.385. The Kier molecular flexibility index (Phi) is 3.87. The van der Waals surface area contributed by atoms with Gasteiger partial charge in [0.1, 0.15) is 0 Å². The summed E-state index contributed by atoms with van der Waals surface area (Å²) in [7, 11) is 0. The number of halogens is 1. The number of para-hydroxylation sites is 1. The first kappa shape index (κ1) is 12.9. The molecular weight excluding hydrogens is 250 g/mol. The van der Waals surface area contributed by atoms with Crippen LogP contribution in [-0.2, 0) is 6.54 Å². The maximum Gasteiger partial charge on any atom is 0.235 e. The summed E-state index contributed by atoms with van der Waals surface area (Å²) in [6.07, 6.45) is 0. The third kappa shape index (κ3) is 2.82. The van der Waals surface area contributed by atoms with Crippen molar-refractivity contribution in [1.82, 2.24) is 10.2 Å². The number of nitrogens with zero attached hydrogens (tertiary/aromatic N) is 2. The molecular formula is C13H16ClN3O. The maximum absolute atomic E-state index is 6.22. The van der Waals surface area contributed by atoms with Crippen molar-refractivity contribution >= 4 is 17.3 Å². The van der Waals surface area contributed by atoms with E-state index >= 15 is 0 Å². The van der Waals surface area contributed by atoms with Gasteiger partial charge in [0.15, 0.2) is 0 Å². The number of aromatic nitrogens is 2. The normalized spacial score (nSPS) is 10.9. The minimum atomic E-state index is 0.399. The van der Waals surface area contributed by atoms with Gasteiger partial charge in [-0.25, -0.2) is 0 Å². The van der Waals surface area contributed by atoms with Gasteiger partial charge < -0.3 is 9.73 Å². The van der Waals surface area contributed by atoms with Gasteiger partial charge in [-0.2, -0.15) is 0 Å². The lowest BCUT2D eigenvalue weighted by Crippen LogP contribution is -2.04. The summed E-state index contributed by atoms with van der Waals surface area (Å²) >= 11 is 6.22. The summed E-state index contributed by atoms with van der Waals surface area (Å²) < 4.78 is 5.32. The molecule has 0 amide bonds. The molecule has 0 aliphatic rings. The number of hydrogen-bond donors (Lipinski definition) is 1. The zero-order chi connectivity index (χ0) is 13.1. The summed E-state index contributed by atoms with van der Waals surface area (Å²) in [4.78, 5) is 0. The lowest BCUT2D eigenvalue weighted by atomic mass is 10.0. The Balaban J connectivity index is 2.18. The highest BCUT2D eigenvalue weighted by Crippen LogP contribution is 2.31. The number of benzene rings is 1. The van der Waals surface area contributed by atoms with Crippen LogP contribution in [0.2, 0.25) is 5.02 Å². The highest BCUT2D eigenvalue weighted by atomic mass is 35.5. The van der Waals surface area contributed by atoms with E-state index in [2.05, 4.69) is 35.4 Å². The maximum atomic E-state index is 6.22. The highest BCUT2D eigenvalue weighted by Gasteiger charge is 2.11. The summed E-state index contributed by atoms with van der Waals surface area (Å²) in [6, 6.07) is 5.90. The predicted octanol–water partition coefficient (Wildman–Crippen LogP) is 3.77. The van der Waals surface area contributed by atoms with E-state index < -0.39 is 0 Å². The third-order valence-corrected chi connectivity index (χ3v) is 2.97. The molecule has 0 spiro atoms. The summed E-state index contributed by atoms with van der Waals surface area (Å²) in [6.45, 7) is 6.51. The van der Waals surface area contributed by atoms with Gasteiger partial charge in [0.25, 0.3) is 0 Å². The SMILES string of the molecule is Cc1nnc(CNc2c(Cl)cccc2C(C)C)o1. The van der Waals surface area contributed by atoms with Crippen molar-refractivity contribution in [2.24, 2.45) is 0 Å². The largest absolute Gasteiger partial charge is 0.424 e. The van der Waals surface area contributed by atoms with Crippen molar-refractivity contribution in [1.29, 1.82) is 0 Å². The molecule has 0 fully saturated rings. The Bertz CT molecular complexity index is 537. The van der Waals surface area contributed by atoms with Crippen molar-refractivity contribution < 1.29 is 4.42 Å². The lowest BCUT2D eigenvalue weighted by molar-refractivity contribution is 0.474. The van der Waals surface area contributed by atoms with Gasteiger partial charge in [0.2, 0.25) is 11.8 Å². The van der Waals surface area contributed by atoms with E-state index in [1.54, 1.807) is 6.92 Å². The molecule has 0 radical (unpaired) electrons. The Morgan fingerprint density at radius 2 is 2.11 bits per heavy atom. The third-order valence-electron chi connectivity index (χ3n) is 2.65. The van der Waals surface area contributed by atoms with Crippen molar-refractivity contribution in [2.45, 2.75) is 33.2 Å². The van der Waals surface area contributed by atoms with Gasteiger partial charge in [-0.3, -0.25) is 0 Å². The van der Waals surface area contributed by atoms with E-state index in [1.807, 2.05) is 12.1 Å². The predicted molar refractivity (Wildman–Crippen MR) is 71.9 cm³/mol. The number of anilines is 1.